The summed E-state index contributed by atoms with van der Waals surface area (Å²) >= 11 is 0. The molecule has 1 aliphatic heterocycles. The first-order valence-corrected chi connectivity index (χ1v) is 8.19. The lowest BCUT2D eigenvalue weighted by atomic mass is 9.89. The normalized spacial score (nSPS) is 16.1. The van der Waals surface area contributed by atoms with Crippen molar-refractivity contribution in [3.05, 3.63) is 23.8 Å². The van der Waals surface area contributed by atoms with Crippen LogP contribution in [0.2, 0.25) is 0 Å². The molecule has 0 spiro atoms. The van der Waals surface area contributed by atoms with Gasteiger partial charge in [-0.15, -0.1) is 0 Å². The Hall–Kier alpha value is -1.55. The molecule has 1 aliphatic rings. The molecule has 4 heteroatoms. The third-order valence-electron chi connectivity index (χ3n) is 3.66. The first-order valence-electron chi connectivity index (χ1n) is 8.19. The molecule has 0 atom stereocenters. The second-order valence-corrected chi connectivity index (χ2v) is 6.38. The zero-order valence-corrected chi connectivity index (χ0v) is 14.0. The number of hydrogen-bond acceptors (Lipinski definition) is 4. The standard InChI is InChI=1S/C18H27NO3/c1-12(2)21-15-5-6-17(22-13(3)4)16(11-15)18(20)14-7-9-19-10-8-14/h5-6,11-14,19H,7-10H2,1-4H3. The number of Topliss-reactive ketones (excluding diaryl/α,β-unsaturated/α-hetero) is 1. The number of benzene rings is 1. The van der Waals surface area contributed by atoms with Gasteiger partial charge in [0.15, 0.2) is 5.78 Å². The predicted molar refractivity (Wildman–Crippen MR) is 87.9 cm³/mol. The lowest BCUT2D eigenvalue weighted by Gasteiger charge is -2.23. The summed E-state index contributed by atoms with van der Waals surface area (Å²) in [6.45, 7) is 9.70. The zero-order chi connectivity index (χ0) is 16.1. The summed E-state index contributed by atoms with van der Waals surface area (Å²) in [5.41, 5.74) is 0.652. The lowest BCUT2D eigenvalue weighted by molar-refractivity contribution is 0.0888. The monoisotopic (exact) mass is 305 g/mol. The van der Waals surface area contributed by atoms with E-state index in [4.69, 9.17) is 9.47 Å². The van der Waals surface area contributed by atoms with E-state index in [1.165, 1.54) is 0 Å². The molecule has 1 heterocycles. The van der Waals surface area contributed by atoms with E-state index in [0.29, 0.717) is 11.3 Å². The van der Waals surface area contributed by atoms with Crippen LogP contribution in [0.3, 0.4) is 0 Å². The second kappa shape index (κ2) is 7.63. The first kappa shape index (κ1) is 16.8. The number of carbonyl (C=O) groups excluding carboxylic acids is 1. The lowest BCUT2D eigenvalue weighted by Crippen LogP contribution is -2.32. The molecule has 0 aliphatic carbocycles. The number of rotatable bonds is 6. The highest BCUT2D eigenvalue weighted by atomic mass is 16.5. The quantitative estimate of drug-likeness (QED) is 0.818. The molecule has 2 rings (SSSR count). The number of hydrogen-bond donors (Lipinski definition) is 1. The van der Waals surface area contributed by atoms with Crippen molar-refractivity contribution in [2.75, 3.05) is 13.1 Å². The highest BCUT2D eigenvalue weighted by Crippen LogP contribution is 2.30. The molecule has 122 valence electrons. The van der Waals surface area contributed by atoms with E-state index in [-0.39, 0.29) is 23.9 Å². The molecular formula is C18H27NO3. The van der Waals surface area contributed by atoms with Gasteiger partial charge in [0, 0.05) is 5.92 Å². The number of ether oxygens (including phenoxy) is 2. The van der Waals surface area contributed by atoms with Gasteiger partial charge in [0.25, 0.3) is 0 Å². The minimum atomic E-state index is 0.0384. The molecule has 0 radical (unpaired) electrons. The van der Waals surface area contributed by atoms with Crippen LogP contribution < -0.4 is 14.8 Å². The van der Waals surface area contributed by atoms with Crippen LogP contribution in [0.5, 0.6) is 11.5 Å². The fourth-order valence-corrected chi connectivity index (χ4v) is 2.71. The minimum Gasteiger partial charge on any atom is -0.491 e. The van der Waals surface area contributed by atoms with Gasteiger partial charge in [-0.3, -0.25) is 4.79 Å². The largest absolute Gasteiger partial charge is 0.491 e. The molecule has 0 bridgehead atoms. The third kappa shape index (κ3) is 4.47. The van der Waals surface area contributed by atoms with Gasteiger partial charge in [-0.2, -0.15) is 0 Å². The second-order valence-electron chi connectivity index (χ2n) is 6.38. The maximum Gasteiger partial charge on any atom is 0.169 e. The van der Waals surface area contributed by atoms with Crippen LogP contribution in [0.4, 0.5) is 0 Å². The van der Waals surface area contributed by atoms with E-state index in [2.05, 4.69) is 5.32 Å². The SMILES string of the molecule is CC(C)Oc1ccc(OC(C)C)c(C(=O)C2CCNCC2)c1. The van der Waals surface area contributed by atoms with E-state index in [1.54, 1.807) is 0 Å². The molecule has 1 fully saturated rings. The van der Waals surface area contributed by atoms with E-state index in [0.717, 1.165) is 31.7 Å². The van der Waals surface area contributed by atoms with E-state index in [9.17, 15) is 4.79 Å². The molecular weight excluding hydrogens is 278 g/mol. The molecule has 1 saturated heterocycles. The fraction of sp³-hybridized carbons (Fsp3) is 0.611. The maximum atomic E-state index is 12.9. The Labute approximate surface area is 133 Å². The highest BCUT2D eigenvalue weighted by molar-refractivity contribution is 6.00. The van der Waals surface area contributed by atoms with Crippen LogP contribution >= 0.6 is 0 Å². The average molecular weight is 305 g/mol. The fourth-order valence-electron chi connectivity index (χ4n) is 2.71. The molecule has 0 amide bonds. The summed E-state index contributed by atoms with van der Waals surface area (Å²) in [6, 6.07) is 5.56. The van der Waals surface area contributed by atoms with Crippen molar-refractivity contribution in [1.82, 2.24) is 5.32 Å². The molecule has 22 heavy (non-hydrogen) atoms. The molecule has 1 aromatic carbocycles. The number of ketones is 1. The Morgan fingerprint density at radius 2 is 1.73 bits per heavy atom. The van der Waals surface area contributed by atoms with Crippen LogP contribution in [-0.2, 0) is 0 Å². The van der Waals surface area contributed by atoms with Gasteiger partial charge in [0.2, 0.25) is 0 Å². The molecule has 0 saturated carbocycles. The van der Waals surface area contributed by atoms with Crippen molar-refractivity contribution in [3.63, 3.8) is 0 Å². The van der Waals surface area contributed by atoms with Crippen LogP contribution in [-0.4, -0.2) is 31.1 Å². The zero-order valence-electron chi connectivity index (χ0n) is 14.0. The van der Waals surface area contributed by atoms with Gasteiger partial charge in [-0.1, -0.05) is 0 Å². The topological polar surface area (TPSA) is 47.6 Å². The van der Waals surface area contributed by atoms with Crippen LogP contribution in [0.15, 0.2) is 18.2 Å². The summed E-state index contributed by atoms with van der Waals surface area (Å²) in [6.07, 6.45) is 1.89. The van der Waals surface area contributed by atoms with Crippen molar-refractivity contribution in [1.29, 1.82) is 0 Å². The molecule has 4 nitrogen and oxygen atoms in total. The van der Waals surface area contributed by atoms with Gasteiger partial charge in [0.05, 0.1) is 17.8 Å². The number of nitrogens with one attached hydrogen (secondary N) is 1. The van der Waals surface area contributed by atoms with Crippen molar-refractivity contribution in [3.8, 4) is 11.5 Å². The van der Waals surface area contributed by atoms with Gasteiger partial charge in [-0.05, 0) is 71.8 Å². The maximum absolute atomic E-state index is 12.9. The Morgan fingerprint density at radius 1 is 1.09 bits per heavy atom. The van der Waals surface area contributed by atoms with Crippen LogP contribution in [0.1, 0.15) is 50.9 Å². The number of carbonyl (C=O) groups is 1. The summed E-state index contributed by atoms with van der Waals surface area (Å²) in [5, 5.41) is 3.30. The van der Waals surface area contributed by atoms with Crippen molar-refractivity contribution < 1.29 is 14.3 Å². The van der Waals surface area contributed by atoms with Gasteiger partial charge < -0.3 is 14.8 Å². The van der Waals surface area contributed by atoms with Gasteiger partial charge in [-0.25, -0.2) is 0 Å². The van der Waals surface area contributed by atoms with E-state index < -0.39 is 0 Å². The molecule has 1 aromatic rings. The van der Waals surface area contributed by atoms with Gasteiger partial charge in [0.1, 0.15) is 11.5 Å². The molecule has 1 N–H and O–H groups in total. The smallest absolute Gasteiger partial charge is 0.169 e. The Kier molecular flexibility index (Phi) is 5.83. The van der Waals surface area contributed by atoms with Crippen molar-refractivity contribution in [2.45, 2.75) is 52.7 Å². The van der Waals surface area contributed by atoms with Gasteiger partial charge >= 0.3 is 0 Å². The highest BCUT2D eigenvalue weighted by Gasteiger charge is 2.25. The van der Waals surface area contributed by atoms with Crippen LogP contribution in [0, 0.1) is 5.92 Å². The van der Waals surface area contributed by atoms with Crippen molar-refractivity contribution in [2.24, 2.45) is 5.92 Å². The van der Waals surface area contributed by atoms with E-state index in [1.807, 2.05) is 45.9 Å². The van der Waals surface area contributed by atoms with Crippen LogP contribution in [0.25, 0.3) is 0 Å². The average Bonchev–Trinajstić information content (AvgIpc) is 2.48. The Bertz CT molecular complexity index is 505. The summed E-state index contributed by atoms with van der Waals surface area (Å²) in [5.74, 6) is 1.63. The van der Waals surface area contributed by atoms with E-state index >= 15 is 0 Å². The minimum absolute atomic E-state index is 0.0384. The molecule has 0 aromatic heterocycles. The molecule has 0 unspecified atom stereocenters. The Morgan fingerprint density at radius 3 is 2.32 bits per heavy atom. The first-order chi connectivity index (χ1) is 10.5. The summed E-state index contributed by atoms with van der Waals surface area (Å²) in [7, 11) is 0. The Balaban J connectivity index is 2.28. The number of piperidine rings is 1. The summed E-state index contributed by atoms with van der Waals surface area (Å²) < 4.78 is 11.6. The summed E-state index contributed by atoms with van der Waals surface area (Å²) in [4.78, 5) is 12.9. The predicted octanol–water partition coefficient (Wildman–Crippen LogP) is 3.44. The third-order valence-corrected chi connectivity index (χ3v) is 3.66. The van der Waals surface area contributed by atoms with Crippen molar-refractivity contribution >= 4 is 5.78 Å².